The predicted molar refractivity (Wildman–Crippen MR) is 110 cm³/mol. The molecule has 2 rings (SSSR count). The predicted octanol–water partition coefficient (Wildman–Crippen LogP) is 4.08. The van der Waals surface area contributed by atoms with Gasteiger partial charge in [-0.15, -0.1) is 24.0 Å². The molecule has 0 aromatic heterocycles. The number of nitrogens with zero attached hydrogens (tertiary/aromatic N) is 1. The van der Waals surface area contributed by atoms with Gasteiger partial charge in [-0.05, 0) is 24.0 Å². The normalized spacial score (nSPS) is 12.2. The van der Waals surface area contributed by atoms with Gasteiger partial charge in [-0.1, -0.05) is 67.1 Å². The molecular weight excluding hydrogens is 397 g/mol. The first-order valence-electron chi connectivity index (χ1n) is 7.74. The first-order valence-corrected chi connectivity index (χ1v) is 7.74. The first-order chi connectivity index (χ1) is 10.7. The lowest BCUT2D eigenvalue weighted by Gasteiger charge is -2.16. The summed E-state index contributed by atoms with van der Waals surface area (Å²) in [5, 5.41) is 6.74. The lowest BCUT2D eigenvalue weighted by Crippen LogP contribution is -2.38. The molecule has 2 aromatic rings. The zero-order valence-corrected chi connectivity index (χ0v) is 16.4. The summed E-state index contributed by atoms with van der Waals surface area (Å²) in [6, 6.07) is 19.1. The molecule has 0 radical (unpaired) electrons. The second-order valence-corrected chi connectivity index (χ2v) is 5.60. The Balaban J connectivity index is 0.00000264. The number of halogens is 1. The Kier molecular flexibility index (Phi) is 8.69. The second-order valence-electron chi connectivity index (χ2n) is 5.60. The highest BCUT2D eigenvalue weighted by Crippen LogP contribution is 2.12. The summed E-state index contributed by atoms with van der Waals surface area (Å²) in [5.41, 5.74) is 3.87. The van der Waals surface area contributed by atoms with Crippen molar-refractivity contribution in [3.05, 3.63) is 71.3 Å². The Morgan fingerprint density at radius 3 is 2.26 bits per heavy atom. The smallest absolute Gasteiger partial charge is 0.191 e. The van der Waals surface area contributed by atoms with E-state index in [0.717, 1.165) is 19.0 Å². The number of rotatable bonds is 5. The molecule has 1 atom stereocenters. The minimum absolute atomic E-state index is 0. The minimum atomic E-state index is 0. The summed E-state index contributed by atoms with van der Waals surface area (Å²) in [6.07, 6.45) is 0. The fraction of sp³-hybridized carbons (Fsp3) is 0.316. The molecule has 0 fully saturated rings. The molecule has 0 bridgehead atoms. The number of nitrogens with one attached hydrogen (secondary N) is 2. The van der Waals surface area contributed by atoms with E-state index in [1.54, 1.807) is 7.05 Å². The molecule has 0 amide bonds. The highest BCUT2D eigenvalue weighted by atomic mass is 127. The summed E-state index contributed by atoms with van der Waals surface area (Å²) in [6.45, 7) is 5.95. The van der Waals surface area contributed by atoms with Gasteiger partial charge >= 0.3 is 0 Å². The molecule has 0 aliphatic rings. The molecule has 4 heteroatoms. The number of hydrogen-bond donors (Lipinski definition) is 2. The molecule has 0 aliphatic carbocycles. The third kappa shape index (κ3) is 6.60. The summed E-state index contributed by atoms with van der Waals surface area (Å²) < 4.78 is 0. The van der Waals surface area contributed by atoms with Gasteiger partial charge in [0, 0.05) is 20.1 Å². The van der Waals surface area contributed by atoms with Gasteiger partial charge in [0.05, 0.1) is 0 Å². The van der Waals surface area contributed by atoms with E-state index >= 15 is 0 Å². The highest BCUT2D eigenvalue weighted by Gasteiger charge is 2.06. The standard InChI is InChI=1S/C19H25N3.HI/c1-15-9-11-17(12-10-15)14-22-19(20-3)21-13-16(2)18-7-5-4-6-8-18;/h4-12,16H,13-14H2,1-3H3,(H2,20,21,22);1H. The Morgan fingerprint density at radius 2 is 1.65 bits per heavy atom. The molecule has 23 heavy (non-hydrogen) atoms. The summed E-state index contributed by atoms with van der Waals surface area (Å²) >= 11 is 0. The first kappa shape index (κ1) is 19.5. The van der Waals surface area contributed by atoms with Crippen LogP contribution in [-0.2, 0) is 6.54 Å². The molecule has 1 unspecified atom stereocenters. The van der Waals surface area contributed by atoms with Crippen molar-refractivity contribution in [3.8, 4) is 0 Å². The van der Waals surface area contributed by atoms with E-state index in [-0.39, 0.29) is 24.0 Å². The molecular formula is C19H26IN3. The SMILES string of the molecule is CN=C(NCc1ccc(C)cc1)NCC(C)c1ccccc1.I. The van der Waals surface area contributed by atoms with E-state index in [2.05, 4.69) is 78.0 Å². The average molecular weight is 423 g/mol. The number of guanidine groups is 1. The maximum absolute atomic E-state index is 4.28. The van der Waals surface area contributed by atoms with Crippen LogP contribution in [0.4, 0.5) is 0 Å². The largest absolute Gasteiger partial charge is 0.356 e. The molecule has 0 saturated heterocycles. The average Bonchev–Trinajstić information content (AvgIpc) is 2.57. The quantitative estimate of drug-likeness (QED) is 0.432. The van der Waals surface area contributed by atoms with Gasteiger partial charge in [0.25, 0.3) is 0 Å². The topological polar surface area (TPSA) is 36.4 Å². The Bertz CT molecular complexity index is 594. The van der Waals surface area contributed by atoms with Gasteiger partial charge in [-0.3, -0.25) is 4.99 Å². The van der Waals surface area contributed by atoms with Crippen LogP contribution in [0, 0.1) is 6.92 Å². The Morgan fingerprint density at radius 1 is 1.00 bits per heavy atom. The maximum atomic E-state index is 4.28. The van der Waals surface area contributed by atoms with Crippen molar-refractivity contribution < 1.29 is 0 Å². The van der Waals surface area contributed by atoms with Gasteiger partial charge in [-0.25, -0.2) is 0 Å². The van der Waals surface area contributed by atoms with Gasteiger partial charge in [-0.2, -0.15) is 0 Å². The van der Waals surface area contributed by atoms with Crippen LogP contribution in [0.1, 0.15) is 29.5 Å². The summed E-state index contributed by atoms with van der Waals surface area (Å²) in [7, 11) is 1.80. The molecule has 0 heterocycles. The van der Waals surface area contributed by atoms with Crippen LogP contribution in [0.5, 0.6) is 0 Å². The molecule has 3 nitrogen and oxygen atoms in total. The highest BCUT2D eigenvalue weighted by molar-refractivity contribution is 14.0. The van der Waals surface area contributed by atoms with E-state index in [4.69, 9.17) is 0 Å². The summed E-state index contributed by atoms with van der Waals surface area (Å²) in [5.74, 6) is 1.28. The Hall–Kier alpha value is -1.56. The maximum Gasteiger partial charge on any atom is 0.191 e. The van der Waals surface area contributed by atoms with Crippen molar-refractivity contribution in [2.24, 2.45) is 4.99 Å². The van der Waals surface area contributed by atoms with Crippen molar-refractivity contribution in [2.45, 2.75) is 26.3 Å². The van der Waals surface area contributed by atoms with Crippen LogP contribution in [0.3, 0.4) is 0 Å². The molecule has 0 spiro atoms. The lowest BCUT2D eigenvalue weighted by molar-refractivity contribution is 0.699. The van der Waals surface area contributed by atoms with Crippen LogP contribution in [-0.4, -0.2) is 19.6 Å². The molecule has 2 aromatic carbocycles. The van der Waals surface area contributed by atoms with E-state index < -0.39 is 0 Å². The summed E-state index contributed by atoms with van der Waals surface area (Å²) in [4.78, 5) is 4.28. The fourth-order valence-corrected chi connectivity index (χ4v) is 2.26. The Labute approximate surface area is 156 Å². The lowest BCUT2D eigenvalue weighted by atomic mass is 10.0. The van der Waals surface area contributed by atoms with Crippen LogP contribution >= 0.6 is 24.0 Å². The van der Waals surface area contributed by atoms with Crippen molar-refractivity contribution in [1.82, 2.24) is 10.6 Å². The van der Waals surface area contributed by atoms with E-state index in [1.807, 2.05) is 6.07 Å². The third-order valence-corrected chi connectivity index (χ3v) is 3.75. The van der Waals surface area contributed by atoms with E-state index in [0.29, 0.717) is 5.92 Å². The molecule has 0 saturated carbocycles. The van der Waals surface area contributed by atoms with E-state index in [1.165, 1.54) is 16.7 Å². The van der Waals surface area contributed by atoms with E-state index in [9.17, 15) is 0 Å². The number of benzene rings is 2. The van der Waals surface area contributed by atoms with Crippen molar-refractivity contribution in [2.75, 3.05) is 13.6 Å². The van der Waals surface area contributed by atoms with Gasteiger partial charge in [0.15, 0.2) is 5.96 Å². The zero-order chi connectivity index (χ0) is 15.8. The molecule has 124 valence electrons. The number of aryl methyl sites for hydroxylation is 1. The van der Waals surface area contributed by atoms with Gasteiger partial charge in [0.1, 0.15) is 0 Å². The number of aliphatic imine (C=N–C) groups is 1. The fourth-order valence-electron chi connectivity index (χ4n) is 2.26. The van der Waals surface area contributed by atoms with Crippen LogP contribution in [0.15, 0.2) is 59.6 Å². The third-order valence-electron chi connectivity index (χ3n) is 3.75. The van der Waals surface area contributed by atoms with Gasteiger partial charge < -0.3 is 10.6 Å². The number of hydrogen-bond acceptors (Lipinski definition) is 1. The van der Waals surface area contributed by atoms with Crippen molar-refractivity contribution in [1.29, 1.82) is 0 Å². The van der Waals surface area contributed by atoms with Crippen molar-refractivity contribution in [3.63, 3.8) is 0 Å². The zero-order valence-electron chi connectivity index (χ0n) is 14.0. The van der Waals surface area contributed by atoms with Crippen molar-refractivity contribution >= 4 is 29.9 Å². The molecule has 2 N–H and O–H groups in total. The minimum Gasteiger partial charge on any atom is -0.356 e. The molecule has 0 aliphatic heterocycles. The second kappa shape index (κ2) is 10.3. The van der Waals surface area contributed by atoms with Crippen LogP contribution in [0.2, 0.25) is 0 Å². The monoisotopic (exact) mass is 423 g/mol. The van der Waals surface area contributed by atoms with Crippen LogP contribution in [0.25, 0.3) is 0 Å². The van der Waals surface area contributed by atoms with Crippen LogP contribution < -0.4 is 10.6 Å². The van der Waals surface area contributed by atoms with Gasteiger partial charge in [0.2, 0.25) is 0 Å².